The van der Waals surface area contributed by atoms with Crippen molar-refractivity contribution in [2.24, 2.45) is 0 Å². The third-order valence-electron chi connectivity index (χ3n) is 4.65. The molecule has 0 saturated carbocycles. The molecule has 3 rings (SSSR count). The maximum Gasteiger partial charge on any atom is 0.421 e. The number of rotatable bonds is 9. The number of anilines is 3. The largest absolute Gasteiger partial charge is 0.496 e. The quantitative estimate of drug-likeness (QED) is 0.463. The number of benzene rings is 2. The summed E-state index contributed by atoms with van der Waals surface area (Å²) in [5, 5.41) is 5.61. The Hall–Kier alpha value is -3.89. The fraction of sp³-hybridized carbons (Fsp3) is 0.273. The molecule has 0 aliphatic rings. The summed E-state index contributed by atoms with van der Waals surface area (Å²) in [6.45, 7) is 0.0632. The van der Waals surface area contributed by atoms with Gasteiger partial charge in [-0.25, -0.2) is 4.98 Å². The molecule has 3 aromatic rings. The van der Waals surface area contributed by atoms with Crippen molar-refractivity contribution < 1.29 is 32.1 Å². The number of hydrogen-bond acceptors (Lipinski definition) is 8. The van der Waals surface area contributed by atoms with E-state index in [-0.39, 0.29) is 18.3 Å². The summed E-state index contributed by atoms with van der Waals surface area (Å²) in [6, 6.07) is 10.2. The molecule has 2 aromatic carbocycles. The lowest BCUT2D eigenvalue weighted by atomic mass is 10.2. The second-order valence-corrected chi connectivity index (χ2v) is 6.66. The van der Waals surface area contributed by atoms with Crippen LogP contribution in [-0.4, -0.2) is 38.4 Å². The van der Waals surface area contributed by atoms with E-state index in [0.29, 0.717) is 34.2 Å². The standard InChI is InChI=1S/C22H23F3N4O4/c1-30-16-8-6-5-7-13(16)11-26-20-15(22(23,24)25)12-27-21(29-20)28-14-9-17(31-2)19(33-4)18(10-14)32-3/h5-10,12H,11H2,1-4H3,(H2,26,27,28,29). The molecule has 0 atom stereocenters. The van der Waals surface area contributed by atoms with E-state index in [1.165, 1.54) is 28.4 Å². The lowest BCUT2D eigenvalue weighted by Crippen LogP contribution is -2.14. The van der Waals surface area contributed by atoms with Gasteiger partial charge in [-0.1, -0.05) is 18.2 Å². The molecule has 0 aliphatic heterocycles. The van der Waals surface area contributed by atoms with Crippen molar-refractivity contribution in [3.8, 4) is 23.0 Å². The number of halogens is 3. The molecular formula is C22H23F3N4O4. The highest BCUT2D eigenvalue weighted by Gasteiger charge is 2.35. The molecule has 176 valence electrons. The molecule has 0 spiro atoms. The second kappa shape index (κ2) is 10.2. The van der Waals surface area contributed by atoms with Gasteiger partial charge in [-0.05, 0) is 6.07 Å². The predicted molar refractivity (Wildman–Crippen MR) is 117 cm³/mol. The predicted octanol–water partition coefficient (Wildman–Crippen LogP) is 4.89. The summed E-state index contributed by atoms with van der Waals surface area (Å²) in [5.74, 6) is 1.21. The molecule has 0 amide bonds. The minimum absolute atomic E-state index is 0.0557. The highest BCUT2D eigenvalue weighted by Crippen LogP contribution is 2.41. The van der Waals surface area contributed by atoms with Crippen LogP contribution in [-0.2, 0) is 12.7 Å². The van der Waals surface area contributed by atoms with Crippen molar-refractivity contribution in [3.05, 3.63) is 53.7 Å². The van der Waals surface area contributed by atoms with Gasteiger partial charge in [0.1, 0.15) is 17.1 Å². The first-order chi connectivity index (χ1) is 15.8. The number of para-hydroxylation sites is 1. The van der Waals surface area contributed by atoms with Gasteiger partial charge in [-0.2, -0.15) is 18.2 Å². The van der Waals surface area contributed by atoms with Crippen molar-refractivity contribution in [1.29, 1.82) is 0 Å². The number of nitrogens with one attached hydrogen (secondary N) is 2. The van der Waals surface area contributed by atoms with E-state index in [1.54, 1.807) is 36.4 Å². The highest BCUT2D eigenvalue weighted by molar-refractivity contribution is 5.66. The van der Waals surface area contributed by atoms with Crippen molar-refractivity contribution >= 4 is 17.5 Å². The summed E-state index contributed by atoms with van der Waals surface area (Å²) in [6.07, 6.45) is -3.92. The molecule has 0 aliphatic carbocycles. The van der Waals surface area contributed by atoms with E-state index >= 15 is 0 Å². The van der Waals surface area contributed by atoms with Crippen molar-refractivity contribution in [3.63, 3.8) is 0 Å². The molecule has 8 nitrogen and oxygen atoms in total. The summed E-state index contributed by atoms with van der Waals surface area (Å²) in [7, 11) is 5.86. The monoisotopic (exact) mass is 464 g/mol. The van der Waals surface area contributed by atoms with Crippen LogP contribution in [0.3, 0.4) is 0 Å². The Bertz CT molecular complexity index is 1080. The molecular weight excluding hydrogens is 441 g/mol. The lowest BCUT2D eigenvalue weighted by Gasteiger charge is -2.17. The Balaban J connectivity index is 1.93. The van der Waals surface area contributed by atoms with Crippen LogP contribution in [0, 0.1) is 0 Å². The molecule has 0 radical (unpaired) electrons. The van der Waals surface area contributed by atoms with Gasteiger partial charge in [-0.15, -0.1) is 0 Å². The lowest BCUT2D eigenvalue weighted by molar-refractivity contribution is -0.137. The zero-order valence-corrected chi connectivity index (χ0v) is 18.4. The summed E-state index contributed by atoms with van der Waals surface area (Å²) < 4.78 is 61.8. The summed E-state index contributed by atoms with van der Waals surface area (Å²) in [5.41, 5.74) is 0.110. The van der Waals surface area contributed by atoms with Gasteiger partial charge in [0.2, 0.25) is 11.7 Å². The number of aromatic nitrogens is 2. The first-order valence-corrected chi connectivity index (χ1v) is 9.67. The van der Waals surface area contributed by atoms with Gasteiger partial charge in [0.15, 0.2) is 11.5 Å². The van der Waals surface area contributed by atoms with Gasteiger partial charge in [0.25, 0.3) is 0 Å². The number of alkyl halides is 3. The van der Waals surface area contributed by atoms with E-state index in [4.69, 9.17) is 18.9 Å². The minimum atomic E-state index is -4.64. The molecule has 0 fully saturated rings. The number of methoxy groups -OCH3 is 4. The Labute approximate surface area is 188 Å². The van der Waals surface area contributed by atoms with Crippen LogP contribution < -0.4 is 29.6 Å². The minimum Gasteiger partial charge on any atom is -0.496 e. The van der Waals surface area contributed by atoms with Gasteiger partial charge in [0, 0.05) is 36.1 Å². The molecule has 11 heteroatoms. The maximum atomic E-state index is 13.5. The molecule has 1 aromatic heterocycles. The van der Waals surface area contributed by atoms with Crippen LogP contribution in [0.1, 0.15) is 11.1 Å². The van der Waals surface area contributed by atoms with Crippen molar-refractivity contribution in [2.45, 2.75) is 12.7 Å². The molecule has 0 unspecified atom stereocenters. The van der Waals surface area contributed by atoms with Gasteiger partial charge >= 0.3 is 6.18 Å². The second-order valence-electron chi connectivity index (χ2n) is 6.66. The van der Waals surface area contributed by atoms with Crippen LogP contribution in [0.2, 0.25) is 0 Å². The number of hydrogen-bond donors (Lipinski definition) is 2. The highest BCUT2D eigenvalue weighted by atomic mass is 19.4. The average molecular weight is 464 g/mol. The van der Waals surface area contributed by atoms with Crippen LogP contribution in [0.15, 0.2) is 42.6 Å². The van der Waals surface area contributed by atoms with E-state index in [1.807, 2.05) is 0 Å². The molecule has 1 heterocycles. The maximum absolute atomic E-state index is 13.5. The van der Waals surface area contributed by atoms with Gasteiger partial charge in [0.05, 0.1) is 28.4 Å². The molecule has 0 bridgehead atoms. The fourth-order valence-electron chi connectivity index (χ4n) is 3.09. The fourth-order valence-corrected chi connectivity index (χ4v) is 3.09. The average Bonchev–Trinajstić information content (AvgIpc) is 2.81. The van der Waals surface area contributed by atoms with Gasteiger partial charge < -0.3 is 29.6 Å². The molecule has 2 N–H and O–H groups in total. The van der Waals surface area contributed by atoms with E-state index < -0.39 is 11.7 Å². The third-order valence-corrected chi connectivity index (χ3v) is 4.65. The van der Waals surface area contributed by atoms with E-state index in [9.17, 15) is 13.2 Å². The Morgan fingerprint density at radius 3 is 2.09 bits per heavy atom. The van der Waals surface area contributed by atoms with Crippen LogP contribution in [0.5, 0.6) is 23.0 Å². The van der Waals surface area contributed by atoms with E-state index in [0.717, 1.165) is 6.20 Å². The zero-order valence-electron chi connectivity index (χ0n) is 18.4. The summed E-state index contributed by atoms with van der Waals surface area (Å²) >= 11 is 0. The Morgan fingerprint density at radius 2 is 1.52 bits per heavy atom. The van der Waals surface area contributed by atoms with Crippen LogP contribution in [0.25, 0.3) is 0 Å². The van der Waals surface area contributed by atoms with Crippen molar-refractivity contribution in [2.75, 3.05) is 39.1 Å². The topological polar surface area (TPSA) is 86.8 Å². The first-order valence-electron chi connectivity index (χ1n) is 9.67. The van der Waals surface area contributed by atoms with Gasteiger partial charge in [-0.3, -0.25) is 0 Å². The SMILES string of the molecule is COc1ccccc1CNc1nc(Nc2cc(OC)c(OC)c(OC)c2)ncc1C(F)(F)F. The molecule has 0 saturated heterocycles. The van der Waals surface area contributed by atoms with E-state index in [2.05, 4.69) is 20.6 Å². The number of ether oxygens (including phenoxy) is 4. The van der Waals surface area contributed by atoms with Crippen LogP contribution >= 0.6 is 0 Å². The Morgan fingerprint density at radius 1 is 0.879 bits per heavy atom. The van der Waals surface area contributed by atoms with Crippen molar-refractivity contribution in [1.82, 2.24) is 9.97 Å². The van der Waals surface area contributed by atoms with Crippen LogP contribution in [0.4, 0.5) is 30.6 Å². The summed E-state index contributed by atoms with van der Waals surface area (Å²) in [4.78, 5) is 7.88. The smallest absolute Gasteiger partial charge is 0.421 e. The molecule has 33 heavy (non-hydrogen) atoms. The zero-order chi connectivity index (χ0) is 24.0. The number of nitrogens with zero attached hydrogens (tertiary/aromatic N) is 2. The first kappa shape index (κ1) is 23.8. The normalized spacial score (nSPS) is 11.0. The Kier molecular flexibility index (Phi) is 7.31. The third kappa shape index (κ3) is 5.48.